The normalized spacial score (nSPS) is 12.0. The van der Waals surface area contributed by atoms with Gasteiger partial charge in [-0.3, -0.25) is 0 Å². The zero-order valence-corrected chi connectivity index (χ0v) is 17.8. The van der Waals surface area contributed by atoms with Gasteiger partial charge in [0.05, 0.1) is 11.6 Å². The van der Waals surface area contributed by atoms with Gasteiger partial charge in [0.15, 0.2) is 0 Å². The Morgan fingerprint density at radius 2 is 2.00 bits per heavy atom. The lowest BCUT2D eigenvalue weighted by Gasteiger charge is -2.19. The van der Waals surface area contributed by atoms with E-state index in [0.29, 0.717) is 27.6 Å². The number of thioether (sulfide) groups is 1. The quantitative estimate of drug-likeness (QED) is 0.413. The Bertz CT molecular complexity index is 899. The molecule has 0 amide bonds. The largest absolute Gasteiger partial charge is 0.474 e. The number of thiocarbonyl (C=S) groups is 1. The smallest absolute Gasteiger partial charge is 0.220 e. The lowest BCUT2D eigenvalue weighted by Crippen LogP contribution is -2.09. The summed E-state index contributed by atoms with van der Waals surface area (Å²) in [4.78, 5) is 4.10. The summed E-state index contributed by atoms with van der Waals surface area (Å²) in [7, 11) is 0. The van der Waals surface area contributed by atoms with Crippen LogP contribution in [0.25, 0.3) is 0 Å². The van der Waals surface area contributed by atoms with Crippen molar-refractivity contribution in [2.24, 2.45) is 0 Å². The Hall–Kier alpha value is -1.53. The summed E-state index contributed by atoms with van der Waals surface area (Å²) < 4.78 is 8.27. The molecule has 3 nitrogen and oxygen atoms in total. The van der Waals surface area contributed by atoms with Crippen molar-refractivity contribution in [3.63, 3.8) is 0 Å². The van der Waals surface area contributed by atoms with Crippen LogP contribution in [0.2, 0.25) is 10.0 Å². The van der Waals surface area contributed by atoms with Gasteiger partial charge in [-0.2, -0.15) is 0 Å². The molecule has 0 aliphatic carbocycles. The molecule has 0 saturated heterocycles. The molecule has 0 saturated carbocycles. The molecule has 27 heavy (non-hydrogen) atoms. The minimum Gasteiger partial charge on any atom is -0.474 e. The van der Waals surface area contributed by atoms with E-state index in [2.05, 4.69) is 24.0 Å². The maximum absolute atomic E-state index is 6.43. The highest BCUT2D eigenvalue weighted by Crippen LogP contribution is 2.37. The summed E-state index contributed by atoms with van der Waals surface area (Å²) in [6.45, 7) is 3.17. The topological polar surface area (TPSA) is 27.1 Å². The first-order valence-corrected chi connectivity index (χ1v) is 10.4. The van der Waals surface area contributed by atoms with Crippen molar-refractivity contribution < 1.29 is 4.74 Å². The van der Waals surface area contributed by atoms with Crippen LogP contribution in [0.4, 0.5) is 0 Å². The van der Waals surface area contributed by atoms with Gasteiger partial charge in [-0.05, 0) is 42.4 Å². The van der Waals surface area contributed by atoms with Crippen molar-refractivity contribution in [3.05, 3.63) is 87.9 Å². The Morgan fingerprint density at radius 1 is 1.22 bits per heavy atom. The number of rotatable bonds is 6. The van der Waals surface area contributed by atoms with E-state index in [4.69, 9.17) is 40.2 Å². The van der Waals surface area contributed by atoms with E-state index in [1.54, 1.807) is 18.6 Å². The molecule has 3 rings (SSSR count). The maximum Gasteiger partial charge on any atom is 0.220 e. The lowest BCUT2D eigenvalue weighted by atomic mass is 10.1. The monoisotopic (exact) mass is 436 g/mol. The highest BCUT2D eigenvalue weighted by Gasteiger charge is 2.19. The van der Waals surface area contributed by atoms with Crippen LogP contribution in [0.1, 0.15) is 21.9 Å². The number of hydrogen-bond donors (Lipinski definition) is 0. The fraction of sp³-hybridized carbons (Fsp3) is 0.200. The Labute approximate surface area is 178 Å². The van der Waals surface area contributed by atoms with Crippen molar-refractivity contribution in [1.29, 1.82) is 0 Å². The Morgan fingerprint density at radius 3 is 2.67 bits per heavy atom. The summed E-state index contributed by atoms with van der Waals surface area (Å²) in [5.41, 5.74) is 3.26. The van der Waals surface area contributed by atoms with Crippen LogP contribution in [0.3, 0.4) is 0 Å². The number of imidazole rings is 1. The standard InChI is InChI=1S/C20H18Cl2N2OS2/c1-14-2-4-15(5-3-14)12-25-20(26)27-19(11-24-9-8-23-13-24)17-7-6-16(21)10-18(17)22/h2-10,13,19H,11-12H2,1H3. The van der Waals surface area contributed by atoms with Crippen LogP contribution in [0.15, 0.2) is 61.2 Å². The molecule has 1 atom stereocenters. The predicted octanol–water partition coefficient (Wildman–Crippen LogP) is 6.47. The van der Waals surface area contributed by atoms with E-state index in [0.717, 1.165) is 11.1 Å². The van der Waals surface area contributed by atoms with Crippen LogP contribution in [0, 0.1) is 6.92 Å². The van der Waals surface area contributed by atoms with Gasteiger partial charge in [0.1, 0.15) is 6.61 Å². The molecular formula is C20H18Cl2N2OS2. The summed E-state index contributed by atoms with van der Waals surface area (Å²) in [5.74, 6) is 0. The van der Waals surface area contributed by atoms with E-state index >= 15 is 0 Å². The predicted molar refractivity (Wildman–Crippen MR) is 118 cm³/mol. The fourth-order valence-electron chi connectivity index (χ4n) is 2.52. The van der Waals surface area contributed by atoms with E-state index in [1.165, 1.54) is 17.3 Å². The molecule has 0 radical (unpaired) electrons. The summed E-state index contributed by atoms with van der Waals surface area (Å²) in [5, 5.41) is 1.20. The first kappa shape index (κ1) is 20.2. The number of benzene rings is 2. The zero-order chi connectivity index (χ0) is 19.2. The number of hydrogen-bond acceptors (Lipinski definition) is 4. The lowest BCUT2D eigenvalue weighted by molar-refractivity contribution is 0.310. The van der Waals surface area contributed by atoms with E-state index in [9.17, 15) is 0 Å². The first-order valence-electron chi connectivity index (χ1n) is 8.31. The molecule has 0 fully saturated rings. The highest BCUT2D eigenvalue weighted by atomic mass is 35.5. The van der Waals surface area contributed by atoms with Gasteiger partial charge in [0, 0.05) is 29.0 Å². The molecule has 2 aromatic carbocycles. The van der Waals surface area contributed by atoms with Gasteiger partial charge in [0.2, 0.25) is 4.38 Å². The van der Waals surface area contributed by atoms with Gasteiger partial charge in [-0.1, -0.05) is 70.9 Å². The number of halogens is 2. The van der Waals surface area contributed by atoms with Crippen molar-refractivity contribution >= 4 is 51.6 Å². The minimum atomic E-state index is -0.0190. The van der Waals surface area contributed by atoms with Crippen molar-refractivity contribution in [1.82, 2.24) is 9.55 Å². The number of ether oxygens (including phenoxy) is 1. The second kappa shape index (κ2) is 9.60. The highest BCUT2D eigenvalue weighted by molar-refractivity contribution is 8.22. The Kier molecular flexibility index (Phi) is 7.19. The third-order valence-electron chi connectivity index (χ3n) is 3.96. The van der Waals surface area contributed by atoms with Gasteiger partial charge >= 0.3 is 0 Å². The van der Waals surface area contributed by atoms with Gasteiger partial charge in [-0.25, -0.2) is 4.98 Å². The number of aromatic nitrogens is 2. The molecule has 1 heterocycles. The maximum atomic E-state index is 6.43. The third-order valence-corrected chi connectivity index (χ3v) is 5.93. The SMILES string of the molecule is Cc1ccc(COC(=S)SC(Cn2ccnc2)c2ccc(Cl)cc2Cl)cc1. The molecule has 0 aliphatic rings. The molecule has 7 heteroatoms. The minimum absolute atomic E-state index is 0.0190. The second-order valence-corrected chi connectivity index (χ2v) is 8.70. The number of aryl methyl sites for hydroxylation is 1. The summed E-state index contributed by atoms with van der Waals surface area (Å²) in [6.07, 6.45) is 5.43. The van der Waals surface area contributed by atoms with Gasteiger partial charge in [-0.15, -0.1) is 0 Å². The van der Waals surface area contributed by atoms with Gasteiger partial charge in [0.25, 0.3) is 0 Å². The fourth-order valence-corrected chi connectivity index (χ4v) is 4.48. The summed E-state index contributed by atoms with van der Waals surface area (Å²) in [6, 6.07) is 13.7. The number of nitrogens with zero attached hydrogens (tertiary/aromatic N) is 2. The van der Waals surface area contributed by atoms with Crippen molar-refractivity contribution in [3.8, 4) is 0 Å². The molecule has 0 bridgehead atoms. The molecule has 0 aliphatic heterocycles. The van der Waals surface area contributed by atoms with Gasteiger partial charge < -0.3 is 9.30 Å². The molecule has 3 aromatic rings. The van der Waals surface area contributed by atoms with E-state index in [-0.39, 0.29) is 5.25 Å². The van der Waals surface area contributed by atoms with E-state index in [1.807, 2.05) is 35.0 Å². The molecule has 1 aromatic heterocycles. The summed E-state index contributed by atoms with van der Waals surface area (Å²) >= 11 is 19.4. The van der Waals surface area contributed by atoms with Crippen LogP contribution in [-0.4, -0.2) is 13.9 Å². The van der Waals surface area contributed by atoms with Crippen molar-refractivity contribution in [2.75, 3.05) is 0 Å². The zero-order valence-electron chi connectivity index (χ0n) is 14.6. The Balaban J connectivity index is 1.70. The van der Waals surface area contributed by atoms with Crippen LogP contribution >= 0.6 is 47.2 Å². The first-order chi connectivity index (χ1) is 13.0. The average Bonchev–Trinajstić information content (AvgIpc) is 3.14. The molecule has 0 N–H and O–H groups in total. The van der Waals surface area contributed by atoms with Crippen LogP contribution in [0.5, 0.6) is 0 Å². The third kappa shape index (κ3) is 5.98. The average molecular weight is 437 g/mol. The molecule has 140 valence electrons. The van der Waals surface area contributed by atoms with Crippen LogP contribution < -0.4 is 0 Å². The van der Waals surface area contributed by atoms with E-state index < -0.39 is 0 Å². The van der Waals surface area contributed by atoms with Crippen LogP contribution in [-0.2, 0) is 17.9 Å². The molecule has 0 spiro atoms. The van der Waals surface area contributed by atoms with Crippen molar-refractivity contribution in [2.45, 2.75) is 25.3 Å². The molecule has 1 unspecified atom stereocenters. The molecular weight excluding hydrogens is 419 g/mol. The second-order valence-electron chi connectivity index (χ2n) is 6.06.